The molecule has 0 saturated carbocycles. The molecule has 2 aliphatic rings. The molecular weight excluding hydrogens is 962 g/mol. The first-order valence-electron chi connectivity index (χ1n) is 24.0. The summed E-state index contributed by atoms with van der Waals surface area (Å²) in [7, 11) is 2.59. The number of carbonyl (C=O) groups excluding carboxylic acids is 7. The number of hydrogen-bond donors (Lipinski definition) is 4. The first-order chi connectivity index (χ1) is 34.5. The van der Waals surface area contributed by atoms with E-state index < -0.39 is 77.2 Å². The van der Waals surface area contributed by atoms with Gasteiger partial charge in [0.05, 0.1) is 13.7 Å². The molecule has 0 aromatic heterocycles. The number of carbonyl (C=O) groups is 7. The van der Waals surface area contributed by atoms with Crippen LogP contribution in [0.1, 0.15) is 95.3 Å². The molecule has 2 heterocycles. The topological polar surface area (TPSA) is 230 Å². The number of nitrogens with one attached hydrogen (secondary N) is 4. The zero-order chi connectivity index (χ0) is 53.2. The van der Waals surface area contributed by atoms with Crippen LogP contribution in [0, 0.1) is 0 Å². The van der Waals surface area contributed by atoms with E-state index in [0.717, 1.165) is 11.1 Å². The molecule has 4 N–H and O–H groups in total. The fourth-order valence-electron chi connectivity index (χ4n) is 7.85. The Kier molecular flexibility index (Phi) is 18.1. The van der Waals surface area contributed by atoms with Crippen LogP contribution < -0.4 is 30.7 Å². The molecule has 1 unspecified atom stereocenters. The number of amides is 5. The molecule has 19 heteroatoms. The molecule has 73 heavy (non-hydrogen) atoms. The molecule has 6 rings (SSSR count). The van der Waals surface area contributed by atoms with Crippen molar-refractivity contribution in [3.05, 3.63) is 107 Å². The molecular formula is C54H64ClN5O13. The van der Waals surface area contributed by atoms with E-state index in [4.69, 9.17) is 40.0 Å². The number of benzene rings is 4. The first-order valence-corrected chi connectivity index (χ1v) is 24.4. The molecule has 2 aliphatic heterocycles. The minimum absolute atomic E-state index is 0.0256. The standard InChI is InChI=1S/C54H64ClN5O13/c1-31-46(61)59-42(50(65)68-9)27-32-13-23-44(71-52(67)73-54(5,6)7)39(26-32)40-28-36(20-24-43(40)70-30-38-29-69-38)45(48(63)57-31)60(8)49(64)41(12-10-11-25-56-51(66)72-53(2,3)4)58-47(62)35-16-14-33(15-17-35)34-18-21-37(55)22-19-34/h13-24,26,28,31,38,41-42,45H,10-12,25,27,29-30H2,1-9H3,(H,56,66)(H,57,63)(H,58,62)(H,59,61)/t31-,38?,41-,42-,45-/m0/s1. The van der Waals surface area contributed by atoms with E-state index in [1.165, 1.54) is 32.0 Å². The van der Waals surface area contributed by atoms with Gasteiger partial charge in [0, 0.05) is 41.7 Å². The predicted molar refractivity (Wildman–Crippen MR) is 271 cm³/mol. The zero-order valence-electron chi connectivity index (χ0n) is 42.6. The van der Waals surface area contributed by atoms with Crippen molar-refractivity contribution in [2.45, 2.75) is 116 Å². The summed E-state index contributed by atoms with van der Waals surface area (Å²) >= 11 is 6.10. The van der Waals surface area contributed by atoms with Crippen LogP contribution in [-0.4, -0.2) is 116 Å². The second-order valence-electron chi connectivity index (χ2n) is 19.8. The first kappa shape index (κ1) is 55.1. The van der Waals surface area contributed by atoms with Crippen molar-refractivity contribution in [2.75, 3.05) is 33.9 Å². The minimum Gasteiger partial charge on any atom is -0.490 e. The van der Waals surface area contributed by atoms with Crippen LogP contribution in [0.4, 0.5) is 9.59 Å². The maximum absolute atomic E-state index is 15.1. The lowest BCUT2D eigenvalue weighted by Crippen LogP contribution is -2.55. The third kappa shape index (κ3) is 15.9. The van der Waals surface area contributed by atoms with Gasteiger partial charge in [-0.3, -0.25) is 19.2 Å². The number of ether oxygens (including phenoxy) is 6. The van der Waals surface area contributed by atoms with Gasteiger partial charge in [-0.05, 0) is 139 Å². The highest BCUT2D eigenvalue weighted by Crippen LogP contribution is 2.41. The number of halogens is 1. The molecule has 1 fully saturated rings. The van der Waals surface area contributed by atoms with Gasteiger partial charge in [-0.25, -0.2) is 14.4 Å². The van der Waals surface area contributed by atoms with Crippen LogP contribution in [0.25, 0.3) is 22.3 Å². The van der Waals surface area contributed by atoms with E-state index in [9.17, 15) is 28.8 Å². The number of methoxy groups -OCH3 is 1. The number of rotatable bonds is 15. The molecule has 1 saturated heterocycles. The van der Waals surface area contributed by atoms with Crippen LogP contribution in [0.3, 0.4) is 0 Å². The van der Waals surface area contributed by atoms with Gasteiger partial charge in [-0.1, -0.05) is 48.0 Å². The molecule has 0 aliphatic carbocycles. The number of likely N-dealkylation sites (N-methyl/N-ethyl adjacent to an activating group) is 1. The summed E-state index contributed by atoms with van der Waals surface area (Å²) in [6.07, 6.45) is -1.05. The molecule has 4 aromatic rings. The molecule has 0 spiro atoms. The maximum Gasteiger partial charge on any atom is 0.514 e. The Morgan fingerprint density at radius 3 is 2.07 bits per heavy atom. The highest BCUT2D eigenvalue weighted by Gasteiger charge is 2.37. The van der Waals surface area contributed by atoms with Crippen LogP contribution in [-0.2, 0) is 44.5 Å². The second-order valence-corrected chi connectivity index (χ2v) is 20.3. The van der Waals surface area contributed by atoms with E-state index in [2.05, 4.69) is 21.3 Å². The number of unbranched alkanes of at least 4 members (excludes halogenated alkanes) is 1. The number of fused-ring (bicyclic) bond motifs is 5. The van der Waals surface area contributed by atoms with Gasteiger partial charge in [-0.15, -0.1) is 0 Å². The highest BCUT2D eigenvalue weighted by atomic mass is 35.5. The SMILES string of the molecule is COC(=O)[C@@H]1Cc2ccc(OC(=O)OC(C)(C)C)c(c2)-c2cc(ccc2OCC2CO2)[C@H](N(C)C(=O)[C@H](CCCCNC(=O)OC(C)(C)C)NC(=O)c2ccc(-c3ccc(Cl)cc3)cc2)C(=O)N[C@@H](C)C(=O)N1. The molecule has 18 nitrogen and oxygen atoms in total. The fraction of sp³-hybridized carbons (Fsp3) is 0.426. The van der Waals surface area contributed by atoms with E-state index in [-0.39, 0.29) is 54.5 Å². The molecule has 5 atom stereocenters. The van der Waals surface area contributed by atoms with Crippen LogP contribution in [0.15, 0.2) is 84.9 Å². The third-order valence-electron chi connectivity index (χ3n) is 11.6. The zero-order valence-corrected chi connectivity index (χ0v) is 43.3. The summed E-state index contributed by atoms with van der Waals surface area (Å²) in [5.41, 5.74) is 1.69. The minimum atomic E-state index is -1.48. The Bertz CT molecular complexity index is 2660. The Morgan fingerprint density at radius 1 is 0.808 bits per heavy atom. The highest BCUT2D eigenvalue weighted by molar-refractivity contribution is 6.30. The maximum atomic E-state index is 15.1. The Morgan fingerprint density at radius 2 is 1.44 bits per heavy atom. The van der Waals surface area contributed by atoms with E-state index in [1.54, 1.807) is 108 Å². The van der Waals surface area contributed by atoms with Gasteiger partial charge < -0.3 is 54.6 Å². The average Bonchev–Trinajstić information content (AvgIpc) is 4.16. The van der Waals surface area contributed by atoms with E-state index in [1.807, 2.05) is 12.1 Å². The Balaban J connectivity index is 1.41. The van der Waals surface area contributed by atoms with Crippen LogP contribution in [0.5, 0.6) is 11.5 Å². The Labute approximate surface area is 430 Å². The summed E-state index contributed by atoms with van der Waals surface area (Å²) in [5.74, 6) is -3.19. The fourth-order valence-corrected chi connectivity index (χ4v) is 7.97. The molecule has 4 aromatic carbocycles. The van der Waals surface area contributed by atoms with Gasteiger partial charge in [0.25, 0.3) is 5.91 Å². The van der Waals surface area contributed by atoms with Crippen LogP contribution >= 0.6 is 11.6 Å². The number of nitrogens with zero attached hydrogens (tertiary/aromatic N) is 1. The smallest absolute Gasteiger partial charge is 0.490 e. The van der Waals surface area contributed by atoms with Crippen molar-refractivity contribution < 1.29 is 62.0 Å². The summed E-state index contributed by atoms with van der Waals surface area (Å²) in [6.45, 7) is 12.6. The average molecular weight is 1030 g/mol. The third-order valence-corrected chi connectivity index (χ3v) is 11.8. The Hall–Kier alpha value is -7.18. The van der Waals surface area contributed by atoms with Crippen molar-refractivity contribution in [3.63, 3.8) is 0 Å². The van der Waals surface area contributed by atoms with Gasteiger partial charge in [0.1, 0.15) is 59.6 Å². The molecule has 5 amide bonds. The monoisotopic (exact) mass is 1030 g/mol. The summed E-state index contributed by atoms with van der Waals surface area (Å²) in [5, 5.41) is 11.6. The number of esters is 1. The predicted octanol–water partition coefficient (Wildman–Crippen LogP) is 7.48. The molecule has 0 radical (unpaired) electrons. The van der Waals surface area contributed by atoms with Crippen LogP contribution in [0.2, 0.25) is 5.02 Å². The number of epoxide rings is 1. The number of hydrogen-bond acceptors (Lipinski definition) is 13. The lowest BCUT2D eigenvalue weighted by atomic mass is 9.93. The normalized spacial score (nSPS) is 18.1. The number of alkyl carbamates (subject to hydrolysis) is 1. The lowest BCUT2D eigenvalue weighted by Gasteiger charge is -2.32. The summed E-state index contributed by atoms with van der Waals surface area (Å²) < 4.78 is 33.5. The largest absolute Gasteiger partial charge is 0.514 e. The summed E-state index contributed by atoms with van der Waals surface area (Å²) in [6, 6.07) is 18.5. The molecule has 4 bridgehead atoms. The van der Waals surface area contributed by atoms with Gasteiger partial charge >= 0.3 is 18.2 Å². The van der Waals surface area contributed by atoms with Crippen molar-refractivity contribution >= 4 is 53.4 Å². The van der Waals surface area contributed by atoms with E-state index >= 15 is 4.79 Å². The quantitative estimate of drug-likeness (QED) is 0.0298. The van der Waals surface area contributed by atoms with Gasteiger partial charge in [0.2, 0.25) is 17.7 Å². The van der Waals surface area contributed by atoms with Crippen molar-refractivity contribution in [1.29, 1.82) is 0 Å². The van der Waals surface area contributed by atoms with Crippen molar-refractivity contribution in [3.8, 4) is 33.8 Å². The second kappa shape index (κ2) is 24.0. The van der Waals surface area contributed by atoms with Crippen molar-refractivity contribution in [1.82, 2.24) is 26.2 Å². The van der Waals surface area contributed by atoms with E-state index in [0.29, 0.717) is 41.3 Å². The molecule has 390 valence electrons. The summed E-state index contributed by atoms with van der Waals surface area (Å²) in [4.78, 5) is 97.8. The van der Waals surface area contributed by atoms with Gasteiger partial charge in [0.15, 0.2) is 0 Å². The van der Waals surface area contributed by atoms with Crippen molar-refractivity contribution in [2.24, 2.45) is 0 Å². The lowest BCUT2D eigenvalue weighted by molar-refractivity contribution is -0.145. The van der Waals surface area contributed by atoms with Gasteiger partial charge in [-0.2, -0.15) is 0 Å².